The summed E-state index contributed by atoms with van der Waals surface area (Å²) in [6.07, 6.45) is 0.720. The second kappa shape index (κ2) is 7.19. The summed E-state index contributed by atoms with van der Waals surface area (Å²) in [5, 5.41) is 12.0. The zero-order valence-electron chi connectivity index (χ0n) is 11.1. The lowest BCUT2D eigenvalue weighted by Gasteiger charge is -2.07. The maximum absolute atomic E-state index is 11.6. The Morgan fingerprint density at radius 2 is 1.75 bits per heavy atom. The number of para-hydroxylation sites is 1. The van der Waals surface area contributed by atoms with E-state index in [-0.39, 0.29) is 18.3 Å². The molecule has 0 saturated carbocycles. The molecular formula is C16H17NO3. The first-order chi connectivity index (χ1) is 9.74. The zero-order chi connectivity index (χ0) is 14.2. The first kappa shape index (κ1) is 13.9. The lowest BCUT2D eigenvalue weighted by Crippen LogP contribution is -2.30. The van der Waals surface area contributed by atoms with Crippen LogP contribution in [0.25, 0.3) is 0 Å². The molecule has 2 aromatic rings. The lowest BCUT2D eigenvalue weighted by atomic mass is 10.1. The Balaban J connectivity index is 1.66. The summed E-state index contributed by atoms with van der Waals surface area (Å²) in [6.45, 7) is 0.557. The standard InChI is InChI=1S/C16H17NO3/c18-14-8-6-13(7-9-14)10-11-17-16(19)12-20-15-4-2-1-3-5-15/h1-9,18H,10-12H2,(H,17,19). The van der Waals surface area contributed by atoms with Gasteiger partial charge in [-0.05, 0) is 36.2 Å². The third kappa shape index (κ3) is 4.65. The van der Waals surface area contributed by atoms with Crippen molar-refractivity contribution in [2.45, 2.75) is 6.42 Å². The Labute approximate surface area is 118 Å². The minimum absolute atomic E-state index is 0.0135. The van der Waals surface area contributed by atoms with Gasteiger partial charge in [-0.1, -0.05) is 30.3 Å². The smallest absolute Gasteiger partial charge is 0.257 e. The number of amides is 1. The third-order valence-electron chi connectivity index (χ3n) is 2.79. The van der Waals surface area contributed by atoms with Crippen molar-refractivity contribution in [2.75, 3.05) is 13.2 Å². The van der Waals surface area contributed by atoms with Gasteiger partial charge in [0.15, 0.2) is 6.61 Å². The zero-order valence-corrected chi connectivity index (χ0v) is 11.1. The van der Waals surface area contributed by atoms with Gasteiger partial charge >= 0.3 is 0 Å². The molecule has 0 saturated heterocycles. The average Bonchev–Trinajstić information content (AvgIpc) is 2.48. The Morgan fingerprint density at radius 3 is 2.45 bits per heavy atom. The number of aromatic hydroxyl groups is 1. The molecule has 4 nitrogen and oxygen atoms in total. The number of carbonyl (C=O) groups is 1. The van der Waals surface area contributed by atoms with Gasteiger partial charge in [-0.2, -0.15) is 0 Å². The van der Waals surface area contributed by atoms with E-state index in [1.807, 2.05) is 42.5 Å². The summed E-state index contributed by atoms with van der Waals surface area (Å²) >= 11 is 0. The molecule has 4 heteroatoms. The van der Waals surface area contributed by atoms with Crippen molar-refractivity contribution in [3.8, 4) is 11.5 Å². The normalized spacial score (nSPS) is 10.0. The fourth-order valence-electron chi connectivity index (χ4n) is 1.73. The van der Waals surface area contributed by atoms with Crippen molar-refractivity contribution in [1.29, 1.82) is 0 Å². The predicted octanol–water partition coefficient (Wildman–Crippen LogP) is 2.13. The van der Waals surface area contributed by atoms with Gasteiger partial charge in [-0.25, -0.2) is 0 Å². The predicted molar refractivity (Wildman–Crippen MR) is 76.8 cm³/mol. The number of phenolic OH excluding ortho intramolecular Hbond substituents is 1. The molecule has 0 radical (unpaired) electrons. The molecular weight excluding hydrogens is 254 g/mol. The topological polar surface area (TPSA) is 58.6 Å². The molecule has 2 aromatic carbocycles. The molecule has 0 aliphatic rings. The number of ether oxygens (including phenoxy) is 1. The molecule has 0 aromatic heterocycles. The highest BCUT2D eigenvalue weighted by Crippen LogP contribution is 2.09. The molecule has 1 amide bonds. The van der Waals surface area contributed by atoms with E-state index < -0.39 is 0 Å². The molecule has 2 rings (SSSR count). The number of hydrogen-bond acceptors (Lipinski definition) is 3. The summed E-state index contributed by atoms with van der Waals surface area (Å²) in [4.78, 5) is 11.6. The number of rotatable bonds is 6. The first-order valence-electron chi connectivity index (χ1n) is 6.46. The van der Waals surface area contributed by atoms with Gasteiger partial charge in [-0.15, -0.1) is 0 Å². The second-order valence-electron chi connectivity index (χ2n) is 4.37. The number of carbonyl (C=O) groups excluding carboxylic acids is 1. The van der Waals surface area contributed by atoms with Gasteiger partial charge in [0.05, 0.1) is 0 Å². The van der Waals surface area contributed by atoms with E-state index in [1.165, 1.54) is 0 Å². The van der Waals surface area contributed by atoms with Gasteiger partial charge in [-0.3, -0.25) is 4.79 Å². The monoisotopic (exact) mass is 271 g/mol. The van der Waals surface area contributed by atoms with Crippen molar-refractivity contribution in [1.82, 2.24) is 5.32 Å². The lowest BCUT2D eigenvalue weighted by molar-refractivity contribution is -0.123. The van der Waals surface area contributed by atoms with Crippen LogP contribution >= 0.6 is 0 Å². The minimum atomic E-state index is -0.146. The first-order valence-corrected chi connectivity index (χ1v) is 6.46. The van der Waals surface area contributed by atoms with E-state index in [1.54, 1.807) is 12.1 Å². The molecule has 0 aliphatic carbocycles. The van der Waals surface area contributed by atoms with Crippen LogP contribution in [-0.2, 0) is 11.2 Å². The fourth-order valence-corrected chi connectivity index (χ4v) is 1.73. The highest BCUT2D eigenvalue weighted by Gasteiger charge is 2.02. The van der Waals surface area contributed by atoms with Crippen LogP contribution in [0.1, 0.15) is 5.56 Å². The molecule has 0 bridgehead atoms. The average molecular weight is 271 g/mol. The maximum Gasteiger partial charge on any atom is 0.257 e. The van der Waals surface area contributed by atoms with Gasteiger partial charge < -0.3 is 15.2 Å². The summed E-state index contributed by atoms with van der Waals surface area (Å²) in [7, 11) is 0. The van der Waals surface area contributed by atoms with Crippen molar-refractivity contribution in [3.63, 3.8) is 0 Å². The van der Waals surface area contributed by atoms with Crippen LogP contribution in [0.3, 0.4) is 0 Å². The number of benzene rings is 2. The number of hydrogen-bond donors (Lipinski definition) is 2. The van der Waals surface area contributed by atoms with Gasteiger partial charge in [0.1, 0.15) is 11.5 Å². The van der Waals surface area contributed by atoms with Crippen LogP contribution in [0.15, 0.2) is 54.6 Å². The van der Waals surface area contributed by atoms with E-state index in [9.17, 15) is 4.79 Å². The van der Waals surface area contributed by atoms with Gasteiger partial charge in [0.2, 0.25) is 0 Å². The van der Waals surface area contributed by atoms with Crippen LogP contribution in [0, 0.1) is 0 Å². The molecule has 0 heterocycles. The third-order valence-corrected chi connectivity index (χ3v) is 2.79. The summed E-state index contributed by atoms with van der Waals surface area (Å²) in [5.74, 6) is 0.780. The van der Waals surface area contributed by atoms with E-state index >= 15 is 0 Å². The Bertz CT molecular complexity index is 537. The Hall–Kier alpha value is -2.49. The summed E-state index contributed by atoms with van der Waals surface area (Å²) < 4.78 is 5.34. The molecule has 104 valence electrons. The SMILES string of the molecule is O=C(COc1ccccc1)NCCc1ccc(O)cc1. The van der Waals surface area contributed by atoms with Gasteiger partial charge in [0.25, 0.3) is 5.91 Å². The van der Waals surface area contributed by atoms with Crippen molar-refractivity contribution in [2.24, 2.45) is 0 Å². The van der Waals surface area contributed by atoms with Crippen molar-refractivity contribution < 1.29 is 14.6 Å². The highest BCUT2D eigenvalue weighted by molar-refractivity contribution is 5.77. The van der Waals surface area contributed by atoms with Crippen LogP contribution < -0.4 is 10.1 Å². The number of phenols is 1. The molecule has 2 N–H and O–H groups in total. The van der Waals surface area contributed by atoms with Crippen molar-refractivity contribution >= 4 is 5.91 Å². The largest absolute Gasteiger partial charge is 0.508 e. The van der Waals surface area contributed by atoms with E-state index in [2.05, 4.69) is 5.32 Å². The molecule has 20 heavy (non-hydrogen) atoms. The molecule has 0 atom stereocenters. The molecule has 0 spiro atoms. The molecule has 0 fully saturated rings. The quantitative estimate of drug-likeness (QED) is 0.846. The van der Waals surface area contributed by atoms with E-state index in [0.717, 1.165) is 12.0 Å². The molecule has 0 unspecified atom stereocenters. The summed E-state index contributed by atoms with van der Waals surface area (Å²) in [5.41, 5.74) is 1.06. The maximum atomic E-state index is 11.6. The number of nitrogens with one attached hydrogen (secondary N) is 1. The van der Waals surface area contributed by atoms with Crippen LogP contribution in [0.5, 0.6) is 11.5 Å². The second-order valence-corrected chi connectivity index (χ2v) is 4.37. The van der Waals surface area contributed by atoms with Crippen molar-refractivity contribution in [3.05, 3.63) is 60.2 Å². The fraction of sp³-hybridized carbons (Fsp3) is 0.188. The van der Waals surface area contributed by atoms with Crippen LogP contribution in [0.4, 0.5) is 0 Å². The van der Waals surface area contributed by atoms with E-state index in [4.69, 9.17) is 9.84 Å². The van der Waals surface area contributed by atoms with Crippen LogP contribution in [0.2, 0.25) is 0 Å². The Kier molecular flexibility index (Phi) is 5.00. The van der Waals surface area contributed by atoms with Gasteiger partial charge in [0, 0.05) is 6.54 Å². The summed E-state index contributed by atoms with van der Waals surface area (Å²) in [6, 6.07) is 16.2. The highest BCUT2D eigenvalue weighted by atomic mass is 16.5. The van der Waals surface area contributed by atoms with Crippen LogP contribution in [-0.4, -0.2) is 24.2 Å². The Morgan fingerprint density at radius 1 is 1.05 bits per heavy atom. The minimum Gasteiger partial charge on any atom is -0.508 e. The van der Waals surface area contributed by atoms with E-state index in [0.29, 0.717) is 12.3 Å². The molecule has 0 aliphatic heterocycles.